The van der Waals surface area contributed by atoms with Crippen LogP contribution in [0, 0.1) is 18.8 Å². The molecule has 2 atom stereocenters. The highest BCUT2D eigenvalue weighted by Gasteiger charge is 2.47. The fraction of sp³-hybridized carbons (Fsp3) is 0.718. The Hall–Kier alpha value is -2.78. The van der Waals surface area contributed by atoms with Crippen LogP contribution in [0.1, 0.15) is 340 Å². The third-order valence-electron chi connectivity index (χ3n) is 19.3. The Morgan fingerprint density at radius 2 is 0.547 bits per heavy atom. The van der Waals surface area contributed by atoms with E-state index in [1.165, 1.54) is 304 Å². The minimum absolute atomic E-state index is 0.0499. The van der Waals surface area contributed by atoms with Crippen molar-refractivity contribution in [3.05, 3.63) is 75.1 Å². The van der Waals surface area contributed by atoms with Gasteiger partial charge in [0.1, 0.15) is 0 Å². The summed E-state index contributed by atoms with van der Waals surface area (Å²) in [4.78, 5) is 44.3. The molecule has 0 aliphatic carbocycles. The van der Waals surface area contributed by atoms with Gasteiger partial charge in [0.15, 0.2) is 0 Å². The van der Waals surface area contributed by atoms with Crippen LogP contribution in [-0.4, -0.2) is 34.7 Å². The molecule has 0 aromatic carbocycles. The lowest BCUT2D eigenvalue weighted by molar-refractivity contribution is -0.124. The zero-order valence-corrected chi connectivity index (χ0v) is 59.3. The van der Waals surface area contributed by atoms with Crippen LogP contribution in [0.2, 0.25) is 0 Å². The Morgan fingerprint density at radius 1 is 0.291 bits per heavy atom. The van der Waals surface area contributed by atoms with Crippen LogP contribution in [0.15, 0.2) is 65.4 Å². The van der Waals surface area contributed by atoms with Crippen molar-refractivity contribution >= 4 is 62.9 Å². The smallest absolute Gasteiger partial charge is 0.261 e. The average Bonchev–Trinajstić information content (AvgIpc) is 1.61. The standard InChI is InChI=1S/C78H124N2O2S4/c1-7-11-15-19-23-27-29-33-37-41-48-65(47-39-35-31-25-21-17-13-9-3)51-43-45-61-79-64(6)74-75(78(79)82)76(73-60-59-72(86-73)71-58-57-70(85-71)69-56-55-68(84-69)67-54-53-63(5)83-67)80(77(74)81)62-46-44-52-66(49-40-36-32-26-22-18-14-10-4)50-42-38-34-30-28-24-20-16-12-8-2/h53-60,65-66H,7-52,61-62H2,1-6H3. The number of hydrogen-bond donors (Lipinski definition) is 0. The molecule has 0 fully saturated rings. The predicted octanol–water partition coefficient (Wildman–Crippen LogP) is 27.2. The van der Waals surface area contributed by atoms with Crippen LogP contribution in [0.4, 0.5) is 0 Å². The molecule has 8 heteroatoms. The van der Waals surface area contributed by atoms with E-state index >= 15 is 9.59 Å². The molecule has 0 radical (unpaired) electrons. The zero-order chi connectivity index (χ0) is 60.8. The number of carbonyl (C=O) groups is 2. The summed E-state index contributed by atoms with van der Waals surface area (Å²) in [5, 5.41) is 0. The highest BCUT2D eigenvalue weighted by Crippen LogP contribution is 2.48. The monoisotopic (exact) mass is 1250 g/mol. The van der Waals surface area contributed by atoms with E-state index in [0.717, 1.165) is 53.8 Å². The van der Waals surface area contributed by atoms with E-state index in [1.54, 1.807) is 11.3 Å². The van der Waals surface area contributed by atoms with Crippen molar-refractivity contribution in [2.24, 2.45) is 11.8 Å². The topological polar surface area (TPSA) is 40.6 Å². The first kappa shape index (κ1) is 72.3. The Balaban J connectivity index is 1.11. The highest BCUT2D eigenvalue weighted by molar-refractivity contribution is 7.28. The number of amides is 2. The van der Waals surface area contributed by atoms with Crippen LogP contribution in [0.5, 0.6) is 0 Å². The van der Waals surface area contributed by atoms with Gasteiger partial charge in [0.2, 0.25) is 0 Å². The highest BCUT2D eigenvalue weighted by atomic mass is 32.1. The van der Waals surface area contributed by atoms with Gasteiger partial charge in [0, 0.05) is 52.9 Å². The first-order chi connectivity index (χ1) is 42.3. The molecule has 0 saturated heterocycles. The Morgan fingerprint density at radius 3 is 0.872 bits per heavy atom. The molecule has 6 heterocycles. The molecule has 4 aromatic rings. The summed E-state index contributed by atoms with van der Waals surface area (Å²) in [7, 11) is 0. The van der Waals surface area contributed by atoms with E-state index in [2.05, 4.69) is 95.0 Å². The summed E-state index contributed by atoms with van der Waals surface area (Å²) in [5.41, 5.74) is 3.10. The zero-order valence-electron chi connectivity index (χ0n) is 56.1. The van der Waals surface area contributed by atoms with Gasteiger partial charge >= 0.3 is 0 Å². The molecule has 2 aliphatic heterocycles. The number of allylic oxidation sites excluding steroid dienone is 1. The molecule has 4 aromatic heterocycles. The van der Waals surface area contributed by atoms with Crippen molar-refractivity contribution in [3.8, 4) is 29.3 Å². The average molecular weight is 1250 g/mol. The number of thiophene rings is 4. The Bertz CT molecular complexity index is 2500. The van der Waals surface area contributed by atoms with E-state index in [9.17, 15) is 0 Å². The van der Waals surface area contributed by atoms with E-state index in [-0.39, 0.29) is 11.8 Å². The fourth-order valence-electron chi connectivity index (χ4n) is 13.9. The van der Waals surface area contributed by atoms with Crippen molar-refractivity contribution < 1.29 is 9.59 Å². The quantitative estimate of drug-likeness (QED) is 0.0413. The number of fused-ring (bicyclic) bond motifs is 1. The van der Waals surface area contributed by atoms with Gasteiger partial charge in [-0.1, -0.05) is 310 Å². The maximum atomic E-state index is 15.1. The lowest BCUT2D eigenvalue weighted by Crippen LogP contribution is -2.30. The molecule has 0 N–H and O–H groups in total. The molecule has 2 aliphatic rings. The Labute approximate surface area is 544 Å². The molecular formula is C78H124N2O2S4. The van der Waals surface area contributed by atoms with Crippen LogP contribution >= 0.6 is 45.3 Å². The number of unbranched alkanes of at least 4 members (excludes halogenated alkanes) is 34. The fourth-order valence-corrected chi connectivity index (χ4v) is 18.1. The summed E-state index contributed by atoms with van der Waals surface area (Å²) < 4.78 is 0. The third-order valence-corrected chi connectivity index (χ3v) is 24.2. The summed E-state index contributed by atoms with van der Waals surface area (Å²) in [6.45, 7) is 14.9. The molecule has 2 unspecified atom stereocenters. The van der Waals surface area contributed by atoms with Crippen LogP contribution < -0.4 is 0 Å². The molecule has 86 heavy (non-hydrogen) atoms. The lowest BCUT2D eigenvalue weighted by Gasteiger charge is -2.24. The maximum Gasteiger partial charge on any atom is 0.261 e. The van der Waals surface area contributed by atoms with E-state index in [1.807, 2.05) is 38.9 Å². The van der Waals surface area contributed by atoms with Gasteiger partial charge < -0.3 is 9.80 Å². The van der Waals surface area contributed by atoms with Gasteiger partial charge in [0.25, 0.3) is 11.8 Å². The molecule has 0 bridgehead atoms. The molecule has 0 spiro atoms. The van der Waals surface area contributed by atoms with Crippen molar-refractivity contribution in [1.29, 1.82) is 0 Å². The maximum absolute atomic E-state index is 15.1. The number of hydrogen-bond acceptors (Lipinski definition) is 6. The van der Waals surface area contributed by atoms with Gasteiger partial charge in [-0.3, -0.25) is 9.59 Å². The van der Waals surface area contributed by atoms with Crippen molar-refractivity contribution in [2.45, 2.75) is 337 Å². The van der Waals surface area contributed by atoms with Gasteiger partial charge in [-0.2, -0.15) is 0 Å². The van der Waals surface area contributed by atoms with E-state index < -0.39 is 0 Å². The largest absolute Gasteiger partial charge is 0.312 e. The summed E-state index contributed by atoms with van der Waals surface area (Å²) in [6.07, 6.45) is 62.1. The first-order valence-corrected chi connectivity index (χ1v) is 40.0. The first-order valence-electron chi connectivity index (χ1n) is 36.7. The van der Waals surface area contributed by atoms with Crippen molar-refractivity contribution in [3.63, 3.8) is 0 Å². The SMILES string of the molecule is CCCCCCCCCCCCC(CCCCCCCCCC)CCCCN1C(=O)C2=C(c3ccc(-c4ccc(-c5ccc(-c6ccc(C)s6)s5)s4)s3)N(CCCCC(CCCCCCCCCC)CCCCCCCCCCCC)C(=O)C2=C1C. The number of aryl methyl sites for hydroxylation is 1. The van der Waals surface area contributed by atoms with Crippen molar-refractivity contribution in [2.75, 3.05) is 13.1 Å². The van der Waals surface area contributed by atoms with Crippen LogP contribution in [-0.2, 0) is 9.59 Å². The number of nitrogens with zero attached hydrogens (tertiary/aromatic N) is 2. The molecular weight excluding hydrogens is 1130 g/mol. The van der Waals surface area contributed by atoms with Crippen LogP contribution in [0.25, 0.3) is 35.0 Å². The Kier molecular flexibility index (Phi) is 36.9. The van der Waals surface area contributed by atoms with Gasteiger partial charge in [-0.15, -0.1) is 45.3 Å². The molecule has 0 saturated carbocycles. The van der Waals surface area contributed by atoms with Gasteiger partial charge in [-0.05, 0) is 87.1 Å². The van der Waals surface area contributed by atoms with Crippen molar-refractivity contribution in [1.82, 2.24) is 9.80 Å². The summed E-state index contributed by atoms with van der Waals surface area (Å²) in [6, 6.07) is 18.0. The predicted molar refractivity (Wildman–Crippen MR) is 384 cm³/mol. The van der Waals surface area contributed by atoms with Crippen LogP contribution in [0.3, 0.4) is 0 Å². The summed E-state index contributed by atoms with van der Waals surface area (Å²) in [5.74, 6) is 1.66. The minimum Gasteiger partial charge on any atom is -0.312 e. The van der Waals surface area contributed by atoms with Gasteiger partial charge in [0.05, 0.1) is 21.7 Å². The van der Waals surface area contributed by atoms with E-state index in [0.29, 0.717) is 24.2 Å². The van der Waals surface area contributed by atoms with E-state index in [4.69, 9.17) is 0 Å². The molecule has 2 amide bonds. The third kappa shape index (κ3) is 25.5. The molecule has 6 rings (SSSR count). The summed E-state index contributed by atoms with van der Waals surface area (Å²) >= 11 is 7.35. The minimum atomic E-state index is 0.0499. The second-order valence-electron chi connectivity index (χ2n) is 26.7. The number of carbonyl (C=O) groups excluding carboxylic acids is 2. The molecule has 482 valence electrons. The van der Waals surface area contributed by atoms with Gasteiger partial charge in [-0.25, -0.2) is 0 Å². The second-order valence-corrected chi connectivity index (χ2v) is 31.2. The normalized spacial score (nSPS) is 14.3. The molecule has 4 nitrogen and oxygen atoms in total. The number of rotatable bonds is 54. The lowest BCUT2D eigenvalue weighted by atomic mass is 9.89. The second kappa shape index (κ2) is 43.8.